The molecule has 0 aliphatic carbocycles. The molecule has 0 saturated carbocycles. The molecule has 1 amide bonds. The molecule has 2 rings (SSSR count). The average molecular weight is 251 g/mol. The zero-order valence-corrected chi connectivity index (χ0v) is 10.8. The van der Waals surface area contributed by atoms with Crippen LogP contribution in [0.1, 0.15) is 27.0 Å². The number of rotatable bonds is 2. The fourth-order valence-electron chi connectivity index (χ4n) is 1.61. The highest BCUT2D eigenvalue weighted by atomic mass is 16.1. The summed E-state index contributed by atoms with van der Waals surface area (Å²) in [6.07, 6.45) is 1.43. The number of carbonyl (C=O) groups excluding carboxylic acids is 1. The van der Waals surface area contributed by atoms with Gasteiger partial charge in [0.05, 0.1) is 5.56 Å². The van der Waals surface area contributed by atoms with Crippen LogP contribution in [-0.2, 0) is 0 Å². The number of aryl methyl sites for hydroxylation is 2. The zero-order chi connectivity index (χ0) is 13.8. The van der Waals surface area contributed by atoms with Gasteiger partial charge in [-0.1, -0.05) is 6.07 Å². The van der Waals surface area contributed by atoms with Gasteiger partial charge in [-0.3, -0.25) is 4.79 Å². The second-order valence-corrected chi connectivity index (χ2v) is 4.30. The van der Waals surface area contributed by atoms with Gasteiger partial charge in [0, 0.05) is 11.8 Å². The predicted octanol–water partition coefficient (Wildman–Crippen LogP) is 2.82. The van der Waals surface area contributed by atoms with Gasteiger partial charge in [-0.15, -0.1) is 0 Å². The maximum Gasteiger partial charge on any atom is 0.256 e. The molecule has 94 valence electrons. The summed E-state index contributed by atoms with van der Waals surface area (Å²) >= 11 is 0. The summed E-state index contributed by atoms with van der Waals surface area (Å²) in [6, 6.07) is 10.7. The first-order chi connectivity index (χ1) is 9.10. The molecule has 1 heterocycles. The SMILES string of the molecule is Cc1ccc(C(=O)Nc2ccc(C#N)cn2)cc1C. The van der Waals surface area contributed by atoms with Crippen LogP contribution in [-0.4, -0.2) is 10.9 Å². The minimum atomic E-state index is -0.208. The van der Waals surface area contributed by atoms with Crippen molar-refractivity contribution in [3.63, 3.8) is 0 Å². The molecule has 1 N–H and O–H groups in total. The van der Waals surface area contributed by atoms with Crippen LogP contribution in [0.2, 0.25) is 0 Å². The van der Waals surface area contributed by atoms with Crippen LogP contribution < -0.4 is 5.32 Å². The van der Waals surface area contributed by atoms with Crippen molar-refractivity contribution >= 4 is 11.7 Å². The molecule has 0 atom stereocenters. The predicted molar refractivity (Wildman–Crippen MR) is 72.8 cm³/mol. The van der Waals surface area contributed by atoms with Crippen molar-refractivity contribution < 1.29 is 4.79 Å². The van der Waals surface area contributed by atoms with Crippen LogP contribution in [0.15, 0.2) is 36.5 Å². The quantitative estimate of drug-likeness (QED) is 0.892. The molecule has 0 aliphatic rings. The number of anilines is 1. The van der Waals surface area contributed by atoms with Gasteiger partial charge in [0.1, 0.15) is 11.9 Å². The molecule has 0 spiro atoms. The molecule has 1 aromatic heterocycles. The number of nitrogens with zero attached hydrogens (tertiary/aromatic N) is 2. The summed E-state index contributed by atoms with van der Waals surface area (Å²) in [5.74, 6) is 0.225. The Morgan fingerprint density at radius 2 is 2.00 bits per heavy atom. The number of hydrogen-bond donors (Lipinski definition) is 1. The van der Waals surface area contributed by atoms with Crippen LogP contribution in [0.5, 0.6) is 0 Å². The molecule has 0 aliphatic heterocycles. The third kappa shape index (κ3) is 2.96. The number of benzene rings is 1. The lowest BCUT2D eigenvalue weighted by molar-refractivity contribution is 0.102. The third-order valence-corrected chi connectivity index (χ3v) is 2.90. The fraction of sp³-hybridized carbons (Fsp3) is 0.133. The van der Waals surface area contributed by atoms with Crippen molar-refractivity contribution in [1.82, 2.24) is 4.98 Å². The van der Waals surface area contributed by atoms with Crippen LogP contribution in [0.25, 0.3) is 0 Å². The standard InChI is InChI=1S/C15H13N3O/c1-10-3-5-13(7-11(10)2)15(19)18-14-6-4-12(8-16)9-17-14/h3-7,9H,1-2H3,(H,17,18,19). The van der Waals surface area contributed by atoms with E-state index < -0.39 is 0 Å². The van der Waals surface area contributed by atoms with Crippen LogP contribution in [0.4, 0.5) is 5.82 Å². The van der Waals surface area contributed by atoms with E-state index in [1.807, 2.05) is 32.0 Å². The number of nitriles is 1. The van der Waals surface area contributed by atoms with E-state index in [2.05, 4.69) is 10.3 Å². The number of pyridine rings is 1. The maximum atomic E-state index is 12.0. The number of hydrogen-bond acceptors (Lipinski definition) is 3. The molecule has 4 heteroatoms. The van der Waals surface area contributed by atoms with Gasteiger partial charge in [-0.2, -0.15) is 5.26 Å². The molecule has 0 bridgehead atoms. The van der Waals surface area contributed by atoms with Gasteiger partial charge in [0.25, 0.3) is 5.91 Å². The second kappa shape index (κ2) is 5.32. The Hall–Kier alpha value is -2.67. The average Bonchev–Trinajstić information content (AvgIpc) is 2.42. The van der Waals surface area contributed by atoms with Crippen LogP contribution >= 0.6 is 0 Å². The van der Waals surface area contributed by atoms with Crippen molar-refractivity contribution in [3.8, 4) is 6.07 Å². The highest BCUT2D eigenvalue weighted by molar-refractivity contribution is 6.03. The summed E-state index contributed by atoms with van der Waals surface area (Å²) in [7, 11) is 0. The van der Waals surface area contributed by atoms with Gasteiger partial charge in [0.2, 0.25) is 0 Å². The van der Waals surface area contributed by atoms with Crippen molar-refractivity contribution in [2.45, 2.75) is 13.8 Å². The molecule has 0 unspecified atom stereocenters. The summed E-state index contributed by atoms with van der Waals surface area (Å²) in [4.78, 5) is 16.0. The maximum absolute atomic E-state index is 12.0. The smallest absolute Gasteiger partial charge is 0.256 e. The lowest BCUT2D eigenvalue weighted by Crippen LogP contribution is -2.13. The highest BCUT2D eigenvalue weighted by Crippen LogP contribution is 2.12. The third-order valence-electron chi connectivity index (χ3n) is 2.90. The monoisotopic (exact) mass is 251 g/mol. The minimum absolute atomic E-state index is 0.208. The first kappa shape index (κ1) is 12.8. The molecule has 4 nitrogen and oxygen atoms in total. The first-order valence-electron chi connectivity index (χ1n) is 5.85. The molecule has 2 aromatic rings. The lowest BCUT2D eigenvalue weighted by Gasteiger charge is -2.06. The Kier molecular flexibility index (Phi) is 3.58. The lowest BCUT2D eigenvalue weighted by atomic mass is 10.1. The Morgan fingerprint density at radius 3 is 2.58 bits per heavy atom. The summed E-state index contributed by atoms with van der Waals surface area (Å²) in [5, 5.41) is 11.4. The molecular weight excluding hydrogens is 238 g/mol. The van der Waals surface area contributed by atoms with E-state index >= 15 is 0 Å². The van der Waals surface area contributed by atoms with Crippen molar-refractivity contribution in [3.05, 3.63) is 58.8 Å². The second-order valence-electron chi connectivity index (χ2n) is 4.30. The Labute approximate surface area is 111 Å². The Bertz CT molecular complexity index is 654. The number of aromatic nitrogens is 1. The summed E-state index contributed by atoms with van der Waals surface area (Å²) in [5.41, 5.74) is 3.27. The summed E-state index contributed by atoms with van der Waals surface area (Å²) < 4.78 is 0. The van der Waals surface area contributed by atoms with Gasteiger partial charge in [-0.05, 0) is 49.2 Å². The molecule has 1 aromatic carbocycles. The van der Waals surface area contributed by atoms with Gasteiger partial charge in [-0.25, -0.2) is 4.98 Å². The van der Waals surface area contributed by atoms with Crippen LogP contribution in [0, 0.1) is 25.2 Å². The topological polar surface area (TPSA) is 65.8 Å². The van der Waals surface area contributed by atoms with Gasteiger partial charge < -0.3 is 5.32 Å². The van der Waals surface area contributed by atoms with E-state index in [9.17, 15) is 4.79 Å². The van der Waals surface area contributed by atoms with E-state index in [0.717, 1.165) is 11.1 Å². The number of amides is 1. The molecule has 0 fully saturated rings. The molecular formula is C15H13N3O. The van der Waals surface area contributed by atoms with Crippen molar-refractivity contribution in [2.75, 3.05) is 5.32 Å². The first-order valence-corrected chi connectivity index (χ1v) is 5.85. The van der Waals surface area contributed by atoms with Crippen LogP contribution in [0.3, 0.4) is 0 Å². The zero-order valence-electron chi connectivity index (χ0n) is 10.8. The van der Waals surface area contributed by atoms with Gasteiger partial charge in [0.15, 0.2) is 0 Å². The fourth-order valence-corrected chi connectivity index (χ4v) is 1.61. The van der Waals surface area contributed by atoms with Gasteiger partial charge >= 0.3 is 0 Å². The molecule has 0 radical (unpaired) electrons. The largest absolute Gasteiger partial charge is 0.307 e. The van der Waals surface area contributed by atoms with E-state index in [-0.39, 0.29) is 5.91 Å². The normalized spacial score (nSPS) is 9.74. The summed E-state index contributed by atoms with van der Waals surface area (Å²) in [6.45, 7) is 3.96. The highest BCUT2D eigenvalue weighted by Gasteiger charge is 2.07. The van der Waals surface area contributed by atoms with E-state index in [0.29, 0.717) is 16.9 Å². The minimum Gasteiger partial charge on any atom is -0.307 e. The molecule has 19 heavy (non-hydrogen) atoms. The van der Waals surface area contributed by atoms with Crippen molar-refractivity contribution in [2.24, 2.45) is 0 Å². The van der Waals surface area contributed by atoms with E-state index in [1.165, 1.54) is 6.20 Å². The number of carbonyl (C=O) groups is 1. The molecule has 0 saturated heterocycles. The Balaban J connectivity index is 2.16. The van der Waals surface area contributed by atoms with E-state index in [4.69, 9.17) is 5.26 Å². The Morgan fingerprint density at radius 1 is 1.21 bits per heavy atom. The number of nitrogens with one attached hydrogen (secondary N) is 1. The van der Waals surface area contributed by atoms with Crippen molar-refractivity contribution in [1.29, 1.82) is 5.26 Å². The van der Waals surface area contributed by atoms with E-state index in [1.54, 1.807) is 18.2 Å².